The number of carbonyl (C=O) groups is 3. The number of aliphatic hydroxyl groups excluding tert-OH is 4. The minimum Gasteiger partial charge on any atom is -0.480 e. The molecule has 0 radical (unpaired) electrons. The summed E-state index contributed by atoms with van der Waals surface area (Å²) in [6, 6.07) is -3.05. The summed E-state index contributed by atoms with van der Waals surface area (Å²) in [5.41, 5.74) is 8.45. The van der Waals surface area contributed by atoms with Crippen LogP contribution in [-0.2, 0) is 19.1 Å². The number of amides is 2. The van der Waals surface area contributed by atoms with Crippen molar-refractivity contribution in [3.8, 4) is 0 Å². The zero-order valence-electron chi connectivity index (χ0n) is 16.7. The second-order valence-electron chi connectivity index (χ2n) is 7.03. The number of hydrogen-bond donors (Lipinski definition) is 9. The van der Waals surface area contributed by atoms with Crippen molar-refractivity contribution in [1.82, 2.24) is 14.9 Å². The van der Waals surface area contributed by atoms with Crippen molar-refractivity contribution in [2.45, 2.75) is 48.8 Å². The summed E-state index contributed by atoms with van der Waals surface area (Å²) in [6.45, 7) is -0.813. The van der Waals surface area contributed by atoms with Gasteiger partial charge in [0.25, 0.3) is 5.56 Å². The third-order valence-electron chi connectivity index (χ3n) is 4.75. The first-order valence-corrected chi connectivity index (χ1v) is 9.25. The Morgan fingerprint density at radius 3 is 2.42 bits per heavy atom. The molecule has 2 rings (SSSR count). The van der Waals surface area contributed by atoms with Crippen LogP contribution >= 0.6 is 0 Å². The fraction of sp³-hybridized carbons (Fsp3) is 0.562. The van der Waals surface area contributed by atoms with Crippen LogP contribution in [0.3, 0.4) is 0 Å². The highest BCUT2D eigenvalue weighted by Crippen LogP contribution is 2.30. The molecular formula is C16H23N5O12. The van der Waals surface area contributed by atoms with Crippen molar-refractivity contribution in [2.24, 2.45) is 11.5 Å². The lowest BCUT2D eigenvalue weighted by molar-refractivity contribution is -0.150. The predicted octanol–water partition coefficient (Wildman–Crippen LogP) is -6.13. The number of nitrogens with one attached hydrogen (secondary N) is 2. The number of H-pyrrole nitrogens is 1. The number of aliphatic hydroxyl groups is 4. The molecule has 8 atom stereocenters. The van der Waals surface area contributed by atoms with Crippen LogP contribution in [0.15, 0.2) is 21.9 Å². The van der Waals surface area contributed by atoms with Gasteiger partial charge in [0, 0.05) is 12.3 Å². The van der Waals surface area contributed by atoms with E-state index in [0.717, 1.165) is 12.3 Å². The maximum absolute atomic E-state index is 12.3. The van der Waals surface area contributed by atoms with Gasteiger partial charge in [-0.15, -0.1) is 0 Å². The molecular weight excluding hydrogens is 454 g/mol. The van der Waals surface area contributed by atoms with E-state index in [1.54, 1.807) is 0 Å². The summed E-state index contributed by atoms with van der Waals surface area (Å²) in [4.78, 5) is 59.6. The van der Waals surface area contributed by atoms with Crippen molar-refractivity contribution in [1.29, 1.82) is 0 Å². The Balaban J connectivity index is 2.16. The van der Waals surface area contributed by atoms with Gasteiger partial charge in [0.2, 0.25) is 5.91 Å². The average Bonchev–Trinajstić information content (AvgIpc) is 3.03. The molecule has 0 aliphatic carbocycles. The smallest absolute Gasteiger partial charge is 0.404 e. The highest BCUT2D eigenvalue weighted by Gasteiger charge is 2.50. The van der Waals surface area contributed by atoms with E-state index in [1.807, 2.05) is 10.3 Å². The normalized spacial score (nSPS) is 26.1. The third kappa shape index (κ3) is 5.92. The second-order valence-corrected chi connectivity index (χ2v) is 7.03. The van der Waals surface area contributed by atoms with Gasteiger partial charge in [-0.05, 0) is 0 Å². The van der Waals surface area contributed by atoms with Crippen LogP contribution in [-0.4, -0.2) is 102 Å². The molecule has 11 N–H and O–H groups in total. The summed E-state index contributed by atoms with van der Waals surface area (Å²) in [5.74, 6) is -3.06. The van der Waals surface area contributed by atoms with E-state index >= 15 is 0 Å². The number of aliphatic carboxylic acids is 1. The molecule has 1 aromatic rings. The maximum Gasteiger partial charge on any atom is 0.404 e. The monoisotopic (exact) mass is 477 g/mol. The Kier molecular flexibility index (Phi) is 8.25. The number of rotatable bonds is 9. The van der Waals surface area contributed by atoms with E-state index < -0.39 is 84.7 Å². The minimum atomic E-state index is -2.04. The van der Waals surface area contributed by atoms with Crippen molar-refractivity contribution < 1.29 is 49.4 Å². The van der Waals surface area contributed by atoms with E-state index in [0.29, 0.717) is 4.57 Å². The molecule has 33 heavy (non-hydrogen) atoms. The van der Waals surface area contributed by atoms with Crippen LogP contribution in [0.5, 0.6) is 0 Å². The number of ether oxygens (including phenoxy) is 2. The standard InChI is InChI=1S/C16H23N5O12/c17-6(8(24)4(22)3-32-15(18)30)12(27)20-7(14(28)29)11-9(25)10(26)13(33-11)21-2-1-5(23)19-16(21)31/h1-2,4,6-11,13,22,24-26H,3,17H2,(H2,18,30)(H,20,27)(H,28,29)(H,19,23,31). The van der Waals surface area contributed by atoms with E-state index in [1.165, 1.54) is 0 Å². The SMILES string of the molecule is NC(=O)OCC(O)C(O)C(N)C(=O)NC(C(=O)O)C1OC(n2ccc(=O)[nH]c2=O)C(O)C1O. The minimum absolute atomic E-state index is 0.695. The Bertz CT molecular complexity index is 995. The van der Waals surface area contributed by atoms with Crippen LogP contribution in [0.25, 0.3) is 0 Å². The van der Waals surface area contributed by atoms with Gasteiger partial charge in [-0.25, -0.2) is 14.4 Å². The lowest BCUT2D eigenvalue weighted by Gasteiger charge is -2.27. The van der Waals surface area contributed by atoms with E-state index in [-0.39, 0.29) is 0 Å². The van der Waals surface area contributed by atoms with Gasteiger partial charge in [-0.2, -0.15) is 0 Å². The first-order chi connectivity index (χ1) is 15.3. The molecule has 1 fully saturated rings. The first-order valence-electron chi connectivity index (χ1n) is 9.25. The molecule has 0 bridgehead atoms. The van der Waals surface area contributed by atoms with E-state index in [4.69, 9.17) is 16.2 Å². The number of carboxylic acid groups (broad SMARTS) is 1. The summed E-state index contributed by atoms with van der Waals surface area (Å²) < 4.78 is 10.3. The summed E-state index contributed by atoms with van der Waals surface area (Å²) in [7, 11) is 0. The van der Waals surface area contributed by atoms with Crippen LogP contribution in [0.1, 0.15) is 6.23 Å². The lowest BCUT2D eigenvalue weighted by Crippen LogP contribution is -2.60. The van der Waals surface area contributed by atoms with Crippen LogP contribution in [0.4, 0.5) is 4.79 Å². The molecule has 1 aliphatic rings. The van der Waals surface area contributed by atoms with Crippen LogP contribution in [0.2, 0.25) is 0 Å². The molecule has 8 unspecified atom stereocenters. The summed E-state index contributed by atoms with van der Waals surface area (Å²) in [5, 5.41) is 51.5. The van der Waals surface area contributed by atoms with Gasteiger partial charge >= 0.3 is 17.8 Å². The molecule has 0 aromatic carbocycles. The lowest BCUT2D eigenvalue weighted by atomic mass is 10.0. The Morgan fingerprint density at radius 2 is 1.88 bits per heavy atom. The van der Waals surface area contributed by atoms with E-state index in [2.05, 4.69) is 4.74 Å². The highest BCUT2D eigenvalue weighted by atomic mass is 16.6. The number of aromatic nitrogens is 2. The molecule has 17 heteroatoms. The fourth-order valence-electron chi connectivity index (χ4n) is 3.01. The molecule has 2 amide bonds. The van der Waals surface area contributed by atoms with Crippen molar-refractivity contribution >= 4 is 18.0 Å². The van der Waals surface area contributed by atoms with Crippen molar-refractivity contribution in [3.05, 3.63) is 33.1 Å². The quantitative estimate of drug-likeness (QED) is 0.160. The largest absolute Gasteiger partial charge is 0.480 e. The average molecular weight is 477 g/mol. The van der Waals surface area contributed by atoms with Crippen LogP contribution in [0, 0.1) is 0 Å². The van der Waals surface area contributed by atoms with Gasteiger partial charge in [0.05, 0.1) is 0 Å². The molecule has 184 valence electrons. The van der Waals surface area contributed by atoms with E-state index in [9.17, 15) is 49.5 Å². The number of aromatic amines is 1. The van der Waals surface area contributed by atoms with Crippen molar-refractivity contribution in [2.75, 3.05) is 6.61 Å². The number of carbonyl (C=O) groups excluding carboxylic acids is 2. The highest BCUT2D eigenvalue weighted by molar-refractivity contribution is 5.87. The van der Waals surface area contributed by atoms with Crippen LogP contribution < -0.4 is 28.0 Å². The first kappa shape index (κ1) is 25.9. The molecule has 1 aliphatic heterocycles. The number of hydrogen-bond acceptors (Lipinski definition) is 12. The number of nitrogens with zero attached hydrogens (tertiary/aromatic N) is 1. The molecule has 1 saturated heterocycles. The third-order valence-corrected chi connectivity index (χ3v) is 4.75. The molecule has 0 saturated carbocycles. The van der Waals surface area contributed by atoms with Gasteiger partial charge in [0.1, 0.15) is 43.2 Å². The maximum atomic E-state index is 12.3. The summed E-state index contributed by atoms with van der Waals surface area (Å²) >= 11 is 0. The van der Waals surface area contributed by atoms with Gasteiger partial charge in [-0.1, -0.05) is 0 Å². The van der Waals surface area contributed by atoms with Gasteiger partial charge < -0.3 is 51.8 Å². The Morgan fingerprint density at radius 1 is 1.24 bits per heavy atom. The second kappa shape index (κ2) is 10.5. The zero-order valence-corrected chi connectivity index (χ0v) is 16.7. The Hall–Kier alpha value is -3.35. The zero-order chi connectivity index (χ0) is 25.0. The molecule has 2 heterocycles. The number of carboxylic acids is 1. The fourth-order valence-corrected chi connectivity index (χ4v) is 3.01. The molecule has 0 spiro atoms. The van der Waals surface area contributed by atoms with Crippen molar-refractivity contribution in [3.63, 3.8) is 0 Å². The topological polar surface area (TPSA) is 290 Å². The van der Waals surface area contributed by atoms with Gasteiger partial charge in [-0.3, -0.25) is 19.1 Å². The Labute approximate surface area is 183 Å². The molecule has 1 aromatic heterocycles. The number of nitrogens with two attached hydrogens (primary N) is 2. The predicted molar refractivity (Wildman–Crippen MR) is 102 cm³/mol. The molecule has 17 nitrogen and oxygen atoms in total. The van der Waals surface area contributed by atoms with Gasteiger partial charge in [0.15, 0.2) is 12.3 Å². The number of primary amides is 1. The summed E-state index contributed by atoms with van der Waals surface area (Å²) in [6.07, 6.45) is -11.4.